The van der Waals surface area contributed by atoms with Crippen LogP contribution in [0.15, 0.2) is 78.9 Å². The van der Waals surface area contributed by atoms with E-state index in [1.807, 2.05) is 78.9 Å². The smallest absolute Gasteiger partial charge is 0.163 e. The molecule has 0 aromatic heterocycles. The summed E-state index contributed by atoms with van der Waals surface area (Å²) < 4.78 is 11.5. The van der Waals surface area contributed by atoms with Gasteiger partial charge in [0.25, 0.3) is 0 Å². The van der Waals surface area contributed by atoms with Gasteiger partial charge in [0.1, 0.15) is 11.5 Å². The lowest BCUT2D eigenvalue weighted by Crippen LogP contribution is -2.13. The lowest BCUT2D eigenvalue weighted by atomic mass is 9.86. The number of carbonyl (C=O) groups excluding carboxylic acids is 2. The minimum absolute atomic E-state index is 0.0232. The Morgan fingerprint density at radius 3 is 1.43 bits per heavy atom. The molecule has 0 saturated heterocycles. The molecule has 37 heavy (non-hydrogen) atoms. The Balaban J connectivity index is 1.63. The maximum absolute atomic E-state index is 13.2. The fourth-order valence-electron chi connectivity index (χ4n) is 4.27. The van der Waals surface area contributed by atoms with E-state index in [1.54, 1.807) is 0 Å². The first kappa shape index (κ1) is 28.2. The molecule has 0 amide bonds. The molecule has 0 atom stereocenters. The zero-order valence-corrected chi connectivity index (χ0v) is 22.3. The van der Waals surface area contributed by atoms with Crippen LogP contribution in [0.3, 0.4) is 0 Å². The molecule has 3 aromatic carbocycles. The average Bonchev–Trinajstić information content (AvgIpc) is 2.94. The van der Waals surface area contributed by atoms with E-state index in [1.165, 1.54) is 0 Å². The van der Waals surface area contributed by atoms with Gasteiger partial charge in [-0.3, -0.25) is 9.59 Å². The van der Waals surface area contributed by atoms with E-state index in [0.717, 1.165) is 55.6 Å². The fraction of sp³-hybridized carbons (Fsp3) is 0.394. The fourth-order valence-corrected chi connectivity index (χ4v) is 4.27. The minimum Gasteiger partial charge on any atom is -0.494 e. The molecule has 3 rings (SSSR count). The number of carbonyl (C=O) groups is 2. The van der Waals surface area contributed by atoms with Gasteiger partial charge in [-0.05, 0) is 72.9 Å². The third-order valence-electron chi connectivity index (χ3n) is 6.52. The summed E-state index contributed by atoms with van der Waals surface area (Å²) in [5.74, 6) is 1.40. The normalized spacial score (nSPS) is 10.9. The summed E-state index contributed by atoms with van der Waals surface area (Å²) in [4.78, 5) is 26.4. The molecule has 0 aliphatic heterocycles. The van der Waals surface area contributed by atoms with Crippen molar-refractivity contribution in [3.05, 3.63) is 95.6 Å². The molecule has 0 radical (unpaired) electrons. The molecule has 196 valence electrons. The summed E-state index contributed by atoms with van der Waals surface area (Å²) in [7, 11) is 0. The minimum atomic E-state index is -0.198. The van der Waals surface area contributed by atoms with Crippen LogP contribution in [0.5, 0.6) is 11.5 Å². The van der Waals surface area contributed by atoms with Crippen LogP contribution in [0.25, 0.3) is 0 Å². The van der Waals surface area contributed by atoms with Gasteiger partial charge in [-0.15, -0.1) is 0 Å². The largest absolute Gasteiger partial charge is 0.494 e. The van der Waals surface area contributed by atoms with Crippen molar-refractivity contribution < 1.29 is 19.1 Å². The topological polar surface area (TPSA) is 52.6 Å². The van der Waals surface area contributed by atoms with Gasteiger partial charge in [-0.25, -0.2) is 0 Å². The second-order valence-corrected chi connectivity index (χ2v) is 9.52. The Morgan fingerprint density at radius 1 is 0.595 bits per heavy atom. The molecule has 3 aromatic rings. The summed E-state index contributed by atoms with van der Waals surface area (Å²) in [5.41, 5.74) is 2.27. The van der Waals surface area contributed by atoms with Crippen molar-refractivity contribution >= 4 is 11.6 Å². The molecule has 0 unspecified atom stereocenters. The van der Waals surface area contributed by atoms with Gasteiger partial charge in [0, 0.05) is 24.0 Å². The second kappa shape index (κ2) is 15.7. The van der Waals surface area contributed by atoms with Crippen molar-refractivity contribution in [3.63, 3.8) is 0 Å². The molecule has 0 saturated carbocycles. The summed E-state index contributed by atoms with van der Waals surface area (Å²) in [6, 6.07) is 24.5. The summed E-state index contributed by atoms with van der Waals surface area (Å²) in [6.07, 6.45) is 7.19. The zero-order chi connectivity index (χ0) is 26.3. The van der Waals surface area contributed by atoms with Gasteiger partial charge in [-0.2, -0.15) is 0 Å². The van der Waals surface area contributed by atoms with Crippen LogP contribution in [0.1, 0.15) is 97.4 Å². The van der Waals surface area contributed by atoms with Crippen molar-refractivity contribution in [1.29, 1.82) is 0 Å². The van der Waals surface area contributed by atoms with E-state index < -0.39 is 0 Å². The molecule has 0 bridgehead atoms. The van der Waals surface area contributed by atoms with E-state index >= 15 is 0 Å². The molecule has 4 nitrogen and oxygen atoms in total. The number of ketones is 2. The highest BCUT2D eigenvalue weighted by Gasteiger charge is 2.21. The van der Waals surface area contributed by atoms with E-state index in [4.69, 9.17) is 9.47 Å². The predicted octanol–water partition coefficient (Wildman–Crippen LogP) is 8.45. The molecule has 0 aliphatic rings. The van der Waals surface area contributed by atoms with E-state index in [-0.39, 0.29) is 30.3 Å². The van der Waals surface area contributed by atoms with Crippen LogP contribution in [0, 0.1) is 0 Å². The number of hydrogen-bond acceptors (Lipinski definition) is 4. The van der Waals surface area contributed by atoms with Crippen molar-refractivity contribution in [2.45, 2.75) is 71.1 Å². The SMILES string of the molecule is CCCCCOc1ccc(C(=O)CC(CC(=O)c2ccc(OCCCCC)cc2)c2ccccc2)cc1. The predicted molar refractivity (Wildman–Crippen MR) is 150 cm³/mol. The maximum Gasteiger partial charge on any atom is 0.163 e. The van der Waals surface area contributed by atoms with Crippen molar-refractivity contribution in [2.75, 3.05) is 13.2 Å². The summed E-state index contributed by atoms with van der Waals surface area (Å²) >= 11 is 0. The van der Waals surface area contributed by atoms with Crippen LogP contribution < -0.4 is 9.47 Å². The van der Waals surface area contributed by atoms with Crippen LogP contribution in [-0.4, -0.2) is 24.8 Å². The third-order valence-corrected chi connectivity index (χ3v) is 6.52. The number of benzene rings is 3. The van der Waals surface area contributed by atoms with Gasteiger partial charge in [0.15, 0.2) is 11.6 Å². The average molecular weight is 501 g/mol. The molecule has 0 heterocycles. The summed E-state index contributed by atoms with van der Waals surface area (Å²) in [5, 5.41) is 0. The molecular formula is C33H40O4. The second-order valence-electron chi connectivity index (χ2n) is 9.52. The highest BCUT2D eigenvalue weighted by Crippen LogP contribution is 2.28. The number of Topliss-reactive ketones (excluding diaryl/α,β-unsaturated/α-hetero) is 2. The van der Waals surface area contributed by atoms with Gasteiger partial charge >= 0.3 is 0 Å². The van der Waals surface area contributed by atoms with E-state index in [2.05, 4.69) is 13.8 Å². The van der Waals surface area contributed by atoms with Gasteiger partial charge in [0.2, 0.25) is 0 Å². The Labute approximate surface area is 222 Å². The number of rotatable bonds is 17. The Bertz CT molecular complexity index is 1000. The van der Waals surface area contributed by atoms with Crippen molar-refractivity contribution in [2.24, 2.45) is 0 Å². The monoisotopic (exact) mass is 500 g/mol. The highest BCUT2D eigenvalue weighted by atomic mass is 16.5. The molecule has 0 spiro atoms. The van der Waals surface area contributed by atoms with Crippen molar-refractivity contribution in [3.8, 4) is 11.5 Å². The zero-order valence-electron chi connectivity index (χ0n) is 22.3. The van der Waals surface area contributed by atoms with Gasteiger partial charge in [0.05, 0.1) is 13.2 Å². The number of unbranched alkanes of at least 4 members (excludes halogenated alkanes) is 4. The van der Waals surface area contributed by atoms with Crippen LogP contribution in [0.2, 0.25) is 0 Å². The van der Waals surface area contributed by atoms with Crippen molar-refractivity contribution in [1.82, 2.24) is 0 Å². The van der Waals surface area contributed by atoms with E-state index in [0.29, 0.717) is 24.3 Å². The Morgan fingerprint density at radius 2 is 1.03 bits per heavy atom. The molecular weight excluding hydrogens is 460 g/mol. The molecule has 0 N–H and O–H groups in total. The first-order chi connectivity index (χ1) is 18.1. The molecule has 0 aliphatic carbocycles. The molecule has 4 heteroatoms. The number of hydrogen-bond donors (Lipinski definition) is 0. The molecule has 0 fully saturated rings. The van der Waals surface area contributed by atoms with Crippen LogP contribution in [-0.2, 0) is 0 Å². The van der Waals surface area contributed by atoms with Crippen LogP contribution >= 0.6 is 0 Å². The van der Waals surface area contributed by atoms with E-state index in [9.17, 15) is 9.59 Å². The standard InChI is InChI=1S/C33H40O4/c1-3-5-10-22-36-30-18-14-27(15-19-30)32(34)24-29(26-12-8-7-9-13-26)25-33(35)28-16-20-31(21-17-28)37-23-11-6-4-2/h7-9,12-21,29H,3-6,10-11,22-25H2,1-2H3. The maximum atomic E-state index is 13.2. The van der Waals surface area contributed by atoms with Crippen LogP contribution in [0.4, 0.5) is 0 Å². The Kier molecular flexibility index (Phi) is 11.9. The lowest BCUT2D eigenvalue weighted by molar-refractivity contribution is 0.0944. The van der Waals surface area contributed by atoms with Gasteiger partial charge in [-0.1, -0.05) is 69.9 Å². The Hall–Kier alpha value is -3.40. The number of ether oxygens (including phenoxy) is 2. The highest BCUT2D eigenvalue weighted by molar-refractivity contribution is 5.99. The first-order valence-electron chi connectivity index (χ1n) is 13.7. The third kappa shape index (κ3) is 9.53. The summed E-state index contributed by atoms with van der Waals surface area (Å²) in [6.45, 7) is 5.70. The first-order valence-corrected chi connectivity index (χ1v) is 13.7. The lowest BCUT2D eigenvalue weighted by Gasteiger charge is -2.17. The quantitative estimate of drug-likeness (QED) is 0.138. The van der Waals surface area contributed by atoms with Gasteiger partial charge < -0.3 is 9.47 Å².